The first-order chi connectivity index (χ1) is 8.79. The third-order valence-corrected chi connectivity index (χ3v) is 3.07. The van der Waals surface area contributed by atoms with Gasteiger partial charge in [0.25, 0.3) is 0 Å². The van der Waals surface area contributed by atoms with Gasteiger partial charge in [-0.25, -0.2) is 4.39 Å². The number of aromatic nitrogens is 2. The van der Waals surface area contributed by atoms with Crippen LogP contribution in [-0.2, 0) is 0 Å². The minimum Gasteiger partial charge on any atom is -0.337 e. The molecule has 0 unspecified atom stereocenters. The molecule has 0 spiro atoms. The van der Waals surface area contributed by atoms with Crippen molar-refractivity contribution in [3.63, 3.8) is 0 Å². The lowest BCUT2D eigenvalue weighted by Gasteiger charge is -2.23. The summed E-state index contributed by atoms with van der Waals surface area (Å²) in [4.78, 5) is 4.25. The minimum absolute atomic E-state index is 0. The molecule has 0 fully saturated rings. The summed E-state index contributed by atoms with van der Waals surface area (Å²) in [6.07, 6.45) is 0. The highest BCUT2D eigenvalue weighted by molar-refractivity contribution is 5.85. The Morgan fingerprint density at radius 1 is 1.30 bits per heavy atom. The van der Waals surface area contributed by atoms with E-state index in [1.807, 2.05) is 20.8 Å². The van der Waals surface area contributed by atoms with Gasteiger partial charge in [0.2, 0.25) is 11.7 Å². The first kappa shape index (κ1) is 16.6. The second kappa shape index (κ2) is 5.89. The highest BCUT2D eigenvalue weighted by Crippen LogP contribution is 2.30. The number of benzene rings is 1. The van der Waals surface area contributed by atoms with E-state index in [-0.39, 0.29) is 29.7 Å². The Bertz CT molecular complexity index is 592. The van der Waals surface area contributed by atoms with Gasteiger partial charge in [-0.15, -0.1) is 12.4 Å². The maximum atomic E-state index is 13.5. The molecule has 0 aliphatic heterocycles. The summed E-state index contributed by atoms with van der Waals surface area (Å²) < 4.78 is 18.7. The van der Waals surface area contributed by atoms with Crippen molar-refractivity contribution in [2.24, 2.45) is 11.1 Å². The molecule has 4 nitrogen and oxygen atoms in total. The quantitative estimate of drug-likeness (QED) is 0.919. The number of nitrogens with zero attached hydrogens (tertiary/aromatic N) is 2. The Morgan fingerprint density at radius 2 is 1.95 bits per heavy atom. The molecular formula is C14H19ClFN3O. The average Bonchev–Trinajstić information content (AvgIpc) is 2.79. The molecule has 0 saturated heterocycles. The Balaban J connectivity index is 0.00000200. The normalized spacial score (nSPS) is 12.9. The van der Waals surface area contributed by atoms with Crippen molar-refractivity contribution in [3.05, 3.63) is 35.5 Å². The summed E-state index contributed by atoms with van der Waals surface area (Å²) in [7, 11) is 0. The molecule has 2 N–H and O–H groups in total. The van der Waals surface area contributed by atoms with Gasteiger partial charge in [-0.2, -0.15) is 4.98 Å². The van der Waals surface area contributed by atoms with Crippen molar-refractivity contribution in [2.45, 2.75) is 33.7 Å². The molecular weight excluding hydrogens is 281 g/mol. The topological polar surface area (TPSA) is 64.9 Å². The molecule has 2 rings (SSSR count). The lowest BCUT2D eigenvalue weighted by atomic mass is 9.87. The molecule has 1 aromatic carbocycles. The monoisotopic (exact) mass is 299 g/mol. The van der Waals surface area contributed by atoms with E-state index in [1.54, 1.807) is 19.1 Å². The lowest BCUT2D eigenvalue weighted by Crippen LogP contribution is -2.26. The number of nitrogens with two attached hydrogens (primary N) is 1. The van der Waals surface area contributed by atoms with Crippen molar-refractivity contribution in [1.29, 1.82) is 0 Å². The van der Waals surface area contributed by atoms with E-state index in [0.29, 0.717) is 22.8 Å². The molecule has 110 valence electrons. The fourth-order valence-electron chi connectivity index (χ4n) is 1.58. The Morgan fingerprint density at radius 3 is 2.50 bits per heavy atom. The third-order valence-electron chi connectivity index (χ3n) is 3.07. The highest BCUT2D eigenvalue weighted by atomic mass is 35.5. The van der Waals surface area contributed by atoms with Gasteiger partial charge in [0.05, 0.1) is 6.04 Å². The molecule has 6 heteroatoms. The van der Waals surface area contributed by atoms with Crippen LogP contribution in [-0.4, -0.2) is 10.1 Å². The number of hydrogen-bond donors (Lipinski definition) is 1. The molecule has 20 heavy (non-hydrogen) atoms. The molecule has 0 aliphatic rings. The number of aryl methyl sites for hydroxylation is 1. The average molecular weight is 300 g/mol. The van der Waals surface area contributed by atoms with Crippen molar-refractivity contribution in [3.8, 4) is 11.4 Å². The van der Waals surface area contributed by atoms with Gasteiger partial charge >= 0.3 is 0 Å². The van der Waals surface area contributed by atoms with Crippen LogP contribution >= 0.6 is 12.4 Å². The van der Waals surface area contributed by atoms with Crippen LogP contribution in [0.1, 0.15) is 38.3 Å². The van der Waals surface area contributed by atoms with Crippen molar-refractivity contribution >= 4 is 12.4 Å². The summed E-state index contributed by atoms with van der Waals surface area (Å²) in [6, 6.07) is 4.48. The van der Waals surface area contributed by atoms with Crippen molar-refractivity contribution < 1.29 is 8.91 Å². The molecule has 0 saturated carbocycles. The fraction of sp³-hybridized carbons (Fsp3) is 0.429. The maximum absolute atomic E-state index is 13.5. The standard InChI is InChI=1S/C14H18FN3O.ClH/c1-8-5-6-9(7-10(8)15)12-17-13(19-18-12)11(16)14(2,3)4;/h5-7,11H,16H2,1-4H3;1H/t11-;/m1./s1. The predicted molar refractivity (Wildman–Crippen MR) is 78.1 cm³/mol. The van der Waals surface area contributed by atoms with Gasteiger partial charge in [0.1, 0.15) is 5.82 Å². The zero-order valence-corrected chi connectivity index (χ0v) is 12.8. The zero-order valence-electron chi connectivity index (χ0n) is 12.0. The minimum atomic E-state index is -0.357. The fourth-order valence-corrected chi connectivity index (χ4v) is 1.58. The zero-order chi connectivity index (χ0) is 14.2. The summed E-state index contributed by atoms with van der Waals surface area (Å²) in [5.41, 5.74) is 7.03. The number of rotatable bonds is 2. The molecule has 0 aliphatic carbocycles. The van der Waals surface area contributed by atoms with E-state index in [4.69, 9.17) is 10.3 Å². The summed E-state index contributed by atoms with van der Waals surface area (Å²) >= 11 is 0. The molecule has 1 atom stereocenters. The molecule has 0 bridgehead atoms. The summed E-state index contributed by atoms with van der Waals surface area (Å²) in [6.45, 7) is 7.68. The van der Waals surface area contributed by atoms with Crippen LogP contribution in [0.2, 0.25) is 0 Å². The van der Waals surface area contributed by atoms with Crippen molar-refractivity contribution in [1.82, 2.24) is 10.1 Å². The van der Waals surface area contributed by atoms with Crippen LogP contribution in [0.15, 0.2) is 22.7 Å². The van der Waals surface area contributed by atoms with Gasteiger partial charge in [-0.05, 0) is 24.0 Å². The van der Waals surface area contributed by atoms with Crippen LogP contribution < -0.4 is 5.73 Å². The van der Waals surface area contributed by atoms with E-state index in [2.05, 4.69) is 10.1 Å². The lowest BCUT2D eigenvalue weighted by molar-refractivity contribution is 0.253. The second-order valence-electron chi connectivity index (χ2n) is 5.76. The number of halogens is 2. The van der Waals surface area contributed by atoms with Crippen LogP contribution in [0.25, 0.3) is 11.4 Å². The van der Waals surface area contributed by atoms with Crippen LogP contribution in [0, 0.1) is 18.2 Å². The van der Waals surface area contributed by atoms with Crippen molar-refractivity contribution in [2.75, 3.05) is 0 Å². The maximum Gasteiger partial charge on any atom is 0.244 e. The van der Waals surface area contributed by atoms with Gasteiger partial charge < -0.3 is 10.3 Å². The van der Waals surface area contributed by atoms with E-state index >= 15 is 0 Å². The predicted octanol–water partition coefficient (Wildman–Crippen LogP) is 3.65. The van der Waals surface area contributed by atoms with Gasteiger partial charge in [-0.3, -0.25) is 0 Å². The van der Waals surface area contributed by atoms with Crippen LogP contribution in [0.4, 0.5) is 4.39 Å². The molecule has 1 aromatic heterocycles. The second-order valence-corrected chi connectivity index (χ2v) is 5.76. The molecule has 2 aromatic rings. The van der Waals surface area contributed by atoms with Crippen LogP contribution in [0.3, 0.4) is 0 Å². The van der Waals surface area contributed by atoms with E-state index in [9.17, 15) is 4.39 Å². The first-order valence-corrected chi connectivity index (χ1v) is 6.15. The van der Waals surface area contributed by atoms with Crippen LogP contribution in [0.5, 0.6) is 0 Å². The van der Waals surface area contributed by atoms with Gasteiger partial charge in [-0.1, -0.05) is 38.1 Å². The molecule has 0 radical (unpaired) electrons. The Kier molecular flexibility index (Phi) is 4.89. The molecule has 1 heterocycles. The SMILES string of the molecule is Cc1ccc(-c2noc([C@@H](N)C(C)(C)C)n2)cc1F.Cl. The highest BCUT2D eigenvalue weighted by Gasteiger charge is 2.27. The third kappa shape index (κ3) is 3.35. The first-order valence-electron chi connectivity index (χ1n) is 6.15. The summed E-state index contributed by atoms with van der Waals surface area (Å²) in [5, 5.41) is 3.86. The van der Waals surface area contributed by atoms with E-state index in [0.717, 1.165) is 0 Å². The molecule has 0 amide bonds. The van der Waals surface area contributed by atoms with E-state index < -0.39 is 0 Å². The number of hydrogen-bond acceptors (Lipinski definition) is 4. The smallest absolute Gasteiger partial charge is 0.244 e. The van der Waals surface area contributed by atoms with Gasteiger partial charge in [0.15, 0.2) is 0 Å². The van der Waals surface area contributed by atoms with Gasteiger partial charge in [0, 0.05) is 5.56 Å². The Hall–Kier alpha value is -1.46. The summed E-state index contributed by atoms with van der Waals surface area (Å²) in [5.74, 6) is 0.432. The largest absolute Gasteiger partial charge is 0.337 e. The van der Waals surface area contributed by atoms with E-state index in [1.165, 1.54) is 6.07 Å². The Labute approximate surface area is 124 Å².